The lowest BCUT2D eigenvalue weighted by Gasteiger charge is -2.30. The van der Waals surface area contributed by atoms with E-state index in [4.69, 9.17) is 5.73 Å². The number of carbonyl (C=O) groups excluding carboxylic acids is 1. The molecule has 1 rings (SSSR count). The molecule has 0 aromatic heterocycles. The lowest BCUT2D eigenvalue weighted by molar-refractivity contribution is -0.124. The number of rotatable bonds is 5. The van der Waals surface area contributed by atoms with Gasteiger partial charge < -0.3 is 5.73 Å². The lowest BCUT2D eigenvalue weighted by atomic mass is 9.89. The Kier molecular flexibility index (Phi) is 4.29. The van der Waals surface area contributed by atoms with Gasteiger partial charge in [-0.1, -0.05) is 31.2 Å². The number of nitrogens with one attached hydrogen (secondary N) is 1. The Bertz CT molecular complexity index is 384. The molecule has 0 fully saturated rings. The van der Waals surface area contributed by atoms with Gasteiger partial charge in [0, 0.05) is 6.04 Å². The fourth-order valence-corrected chi connectivity index (χ4v) is 1.95. The lowest BCUT2D eigenvalue weighted by Crippen LogP contribution is -2.52. The average Bonchev–Trinajstić information content (AvgIpc) is 2.28. The van der Waals surface area contributed by atoms with Crippen LogP contribution in [0.4, 0.5) is 0 Å². The first-order valence-electron chi connectivity index (χ1n) is 6.07. The summed E-state index contributed by atoms with van der Waals surface area (Å²) in [6.45, 7) is 7.94. The molecular formula is C14H22N2O. The van der Waals surface area contributed by atoms with E-state index in [9.17, 15) is 4.79 Å². The van der Waals surface area contributed by atoms with E-state index in [1.165, 1.54) is 5.56 Å². The molecule has 94 valence electrons. The van der Waals surface area contributed by atoms with Crippen molar-refractivity contribution in [2.75, 3.05) is 0 Å². The summed E-state index contributed by atoms with van der Waals surface area (Å²) in [4.78, 5) is 11.7. The number of benzene rings is 1. The zero-order valence-electron chi connectivity index (χ0n) is 11.1. The minimum atomic E-state index is -0.805. The van der Waals surface area contributed by atoms with E-state index in [1.54, 1.807) is 0 Å². The van der Waals surface area contributed by atoms with Crippen LogP contribution in [0.2, 0.25) is 0 Å². The Morgan fingerprint density at radius 1 is 1.35 bits per heavy atom. The van der Waals surface area contributed by atoms with Crippen molar-refractivity contribution in [3.8, 4) is 0 Å². The van der Waals surface area contributed by atoms with Crippen molar-refractivity contribution in [3.63, 3.8) is 0 Å². The van der Waals surface area contributed by atoms with Crippen molar-refractivity contribution >= 4 is 5.91 Å². The monoisotopic (exact) mass is 234 g/mol. The minimum absolute atomic E-state index is 0.193. The molecule has 0 spiro atoms. The minimum Gasteiger partial charge on any atom is -0.368 e. The summed E-state index contributed by atoms with van der Waals surface area (Å²) in [5.74, 6) is -0.351. The molecule has 1 aromatic carbocycles. The fraction of sp³-hybridized carbons (Fsp3) is 0.500. The number of nitrogens with two attached hydrogens (primary N) is 1. The van der Waals surface area contributed by atoms with Gasteiger partial charge in [0.2, 0.25) is 5.91 Å². The van der Waals surface area contributed by atoms with Crippen LogP contribution in [0.25, 0.3) is 0 Å². The molecule has 1 amide bonds. The number of hydrogen-bond acceptors (Lipinski definition) is 2. The van der Waals surface area contributed by atoms with Gasteiger partial charge in [-0.25, -0.2) is 0 Å². The van der Waals surface area contributed by atoms with Gasteiger partial charge in [-0.05, 0) is 38.3 Å². The van der Waals surface area contributed by atoms with E-state index in [-0.39, 0.29) is 11.9 Å². The molecule has 0 aliphatic heterocycles. The third kappa shape index (κ3) is 3.07. The van der Waals surface area contributed by atoms with Crippen molar-refractivity contribution in [2.45, 2.75) is 45.7 Å². The average molecular weight is 234 g/mol. The largest absolute Gasteiger partial charge is 0.368 e. The highest BCUT2D eigenvalue weighted by molar-refractivity contribution is 5.85. The summed E-state index contributed by atoms with van der Waals surface area (Å²) in [6.07, 6.45) is 0.991. The molecule has 0 heterocycles. The van der Waals surface area contributed by atoms with E-state index in [2.05, 4.69) is 12.2 Å². The van der Waals surface area contributed by atoms with E-state index < -0.39 is 5.54 Å². The van der Waals surface area contributed by atoms with Gasteiger partial charge in [0.05, 0.1) is 0 Å². The number of carbonyl (C=O) groups is 1. The Labute approximate surface area is 103 Å². The maximum Gasteiger partial charge on any atom is 0.242 e. The summed E-state index contributed by atoms with van der Waals surface area (Å²) in [7, 11) is 0. The predicted octanol–water partition coefficient (Wildman–Crippen LogP) is 1.95. The molecule has 17 heavy (non-hydrogen) atoms. The number of amides is 1. The van der Waals surface area contributed by atoms with Crippen LogP contribution in [0, 0.1) is 0 Å². The molecule has 0 saturated heterocycles. The van der Waals surface area contributed by atoms with Crippen LogP contribution in [-0.4, -0.2) is 11.9 Å². The van der Waals surface area contributed by atoms with Crippen LogP contribution in [0.15, 0.2) is 24.3 Å². The standard InChI is InChI=1S/C14H22N2O/c1-5-11-6-8-12(9-7-11)14(4,13(15)17)16-10(2)3/h6-10,16H,5H2,1-4H3,(H2,15,17). The van der Waals surface area contributed by atoms with Gasteiger partial charge in [-0.15, -0.1) is 0 Å². The van der Waals surface area contributed by atoms with Crippen LogP contribution in [0.5, 0.6) is 0 Å². The first-order chi connectivity index (χ1) is 7.90. The van der Waals surface area contributed by atoms with Gasteiger partial charge in [0.1, 0.15) is 5.54 Å². The van der Waals surface area contributed by atoms with Crippen molar-refractivity contribution in [3.05, 3.63) is 35.4 Å². The predicted molar refractivity (Wildman–Crippen MR) is 70.6 cm³/mol. The number of aryl methyl sites for hydroxylation is 1. The molecule has 1 unspecified atom stereocenters. The second-order valence-corrected chi connectivity index (χ2v) is 4.84. The number of hydrogen-bond donors (Lipinski definition) is 2. The molecule has 0 aliphatic carbocycles. The SMILES string of the molecule is CCc1ccc(C(C)(NC(C)C)C(N)=O)cc1. The van der Waals surface area contributed by atoms with Crippen molar-refractivity contribution in [2.24, 2.45) is 5.73 Å². The Morgan fingerprint density at radius 2 is 1.88 bits per heavy atom. The van der Waals surface area contributed by atoms with Crippen LogP contribution in [0.3, 0.4) is 0 Å². The van der Waals surface area contributed by atoms with Gasteiger partial charge in [0.15, 0.2) is 0 Å². The molecule has 3 N–H and O–H groups in total. The molecule has 3 heteroatoms. The van der Waals surface area contributed by atoms with E-state index in [1.807, 2.05) is 45.0 Å². The van der Waals surface area contributed by atoms with Crippen molar-refractivity contribution in [1.82, 2.24) is 5.32 Å². The third-order valence-electron chi connectivity index (χ3n) is 3.01. The Balaban J connectivity index is 3.09. The van der Waals surface area contributed by atoms with Gasteiger partial charge in [-0.3, -0.25) is 10.1 Å². The van der Waals surface area contributed by atoms with Crippen LogP contribution >= 0.6 is 0 Å². The van der Waals surface area contributed by atoms with E-state index >= 15 is 0 Å². The van der Waals surface area contributed by atoms with Crippen molar-refractivity contribution < 1.29 is 4.79 Å². The molecule has 0 saturated carbocycles. The quantitative estimate of drug-likeness (QED) is 0.818. The summed E-state index contributed by atoms with van der Waals surface area (Å²) >= 11 is 0. The highest BCUT2D eigenvalue weighted by Crippen LogP contribution is 2.21. The highest BCUT2D eigenvalue weighted by Gasteiger charge is 2.33. The zero-order valence-corrected chi connectivity index (χ0v) is 11.1. The van der Waals surface area contributed by atoms with Crippen molar-refractivity contribution in [1.29, 1.82) is 0 Å². The first-order valence-corrected chi connectivity index (χ1v) is 6.07. The summed E-state index contributed by atoms with van der Waals surface area (Å²) in [5, 5.41) is 3.23. The summed E-state index contributed by atoms with van der Waals surface area (Å²) in [6, 6.07) is 8.22. The van der Waals surface area contributed by atoms with Gasteiger partial charge in [-0.2, -0.15) is 0 Å². The maximum absolute atomic E-state index is 11.7. The number of primary amides is 1. The fourth-order valence-electron chi connectivity index (χ4n) is 1.95. The molecule has 1 aromatic rings. The van der Waals surface area contributed by atoms with Crippen LogP contribution < -0.4 is 11.1 Å². The van der Waals surface area contributed by atoms with Crippen LogP contribution in [0.1, 0.15) is 38.8 Å². The highest BCUT2D eigenvalue weighted by atomic mass is 16.1. The third-order valence-corrected chi connectivity index (χ3v) is 3.01. The summed E-state index contributed by atoms with van der Waals surface area (Å²) < 4.78 is 0. The molecule has 0 radical (unpaired) electrons. The second-order valence-electron chi connectivity index (χ2n) is 4.84. The molecular weight excluding hydrogens is 212 g/mol. The first kappa shape index (κ1) is 13.7. The van der Waals surface area contributed by atoms with Crippen LogP contribution in [-0.2, 0) is 16.8 Å². The second kappa shape index (κ2) is 5.32. The van der Waals surface area contributed by atoms with Gasteiger partial charge >= 0.3 is 0 Å². The normalized spacial score (nSPS) is 14.6. The Hall–Kier alpha value is -1.35. The molecule has 1 atom stereocenters. The molecule has 0 aliphatic rings. The van der Waals surface area contributed by atoms with E-state index in [0.717, 1.165) is 12.0 Å². The molecule has 0 bridgehead atoms. The van der Waals surface area contributed by atoms with E-state index in [0.29, 0.717) is 0 Å². The zero-order chi connectivity index (χ0) is 13.1. The Morgan fingerprint density at radius 3 is 2.24 bits per heavy atom. The van der Waals surface area contributed by atoms with Gasteiger partial charge in [0.25, 0.3) is 0 Å². The summed E-state index contributed by atoms with van der Waals surface area (Å²) in [5.41, 5.74) is 6.88. The maximum atomic E-state index is 11.7. The molecule has 3 nitrogen and oxygen atoms in total. The smallest absolute Gasteiger partial charge is 0.242 e. The topological polar surface area (TPSA) is 55.1 Å².